The molecule has 0 amide bonds. The van der Waals surface area contributed by atoms with E-state index in [4.69, 9.17) is 5.11 Å². The Morgan fingerprint density at radius 3 is 2.35 bits per heavy atom. The SMILES string of the molecule is CC(CO)C(c1ccc(O)c(CO)c1)N(C)C. The van der Waals surface area contributed by atoms with Crippen LogP contribution in [0.3, 0.4) is 0 Å². The van der Waals surface area contributed by atoms with Crippen molar-refractivity contribution in [3.05, 3.63) is 29.3 Å². The highest BCUT2D eigenvalue weighted by molar-refractivity contribution is 5.37. The third-order valence-electron chi connectivity index (χ3n) is 3.00. The fourth-order valence-corrected chi connectivity index (χ4v) is 2.15. The molecule has 0 saturated carbocycles. The first-order chi connectivity index (χ1) is 8.01. The summed E-state index contributed by atoms with van der Waals surface area (Å²) in [5.41, 5.74) is 1.50. The second-order valence-electron chi connectivity index (χ2n) is 4.61. The Hall–Kier alpha value is -1.10. The molecule has 96 valence electrons. The van der Waals surface area contributed by atoms with Gasteiger partial charge in [-0.05, 0) is 37.7 Å². The van der Waals surface area contributed by atoms with Crippen LogP contribution in [-0.2, 0) is 6.61 Å². The summed E-state index contributed by atoms with van der Waals surface area (Å²) in [6.07, 6.45) is 0. The Morgan fingerprint density at radius 2 is 1.88 bits per heavy atom. The molecular formula is C13H21NO3. The molecule has 0 fully saturated rings. The maximum Gasteiger partial charge on any atom is 0.121 e. The molecule has 3 N–H and O–H groups in total. The average Bonchev–Trinajstić information content (AvgIpc) is 2.30. The van der Waals surface area contributed by atoms with Gasteiger partial charge in [0.15, 0.2) is 0 Å². The number of aromatic hydroxyl groups is 1. The highest BCUT2D eigenvalue weighted by Gasteiger charge is 2.21. The predicted molar refractivity (Wildman–Crippen MR) is 66.7 cm³/mol. The van der Waals surface area contributed by atoms with Gasteiger partial charge in [-0.25, -0.2) is 0 Å². The molecule has 0 heterocycles. The molecule has 0 saturated heterocycles. The zero-order chi connectivity index (χ0) is 13.0. The average molecular weight is 239 g/mol. The van der Waals surface area contributed by atoms with E-state index in [2.05, 4.69) is 0 Å². The molecular weight excluding hydrogens is 218 g/mol. The third-order valence-corrected chi connectivity index (χ3v) is 3.00. The lowest BCUT2D eigenvalue weighted by atomic mass is 9.93. The highest BCUT2D eigenvalue weighted by atomic mass is 16.3. The van der Waals surface area contributed by atoms with Crippen molar-refractivity contribution in [2.75, 3.05) is 20.7 Å². The second kappa shape index (κ2) is 6.00. The summed E-state index contributed by atoms with van der Waals surface area (Å²) in [4.78, 5) is 2.02. The fourth-order valence-electron chi connectivity index (χ4n) is 2.15. The number of aliphatic hydroxyl groups is 2. The zero-order valence-electron chi connectivity index (χ0n) is 10.6. The Kier molecular flexibility index (Phi) is 4.93. The molecule has 1 aromatic carbocycles. The van der Waals surface area contributed by atoms with Crippen LogP contribution in [0.1, 0.15) is 24.1 Å². The van der Waals surface area contributed by atoms with Crippen LogP contribution in [0.15, 0.2) is 18.2 Å². The molecule has 17 heavy (non-hydrogen) atoms. The van der Waals surface area contributed by atoms with Crippen LogP contribution in [0, 0.1) is 5.92 Å². The number of aliphatic hydroxyl groups excluding tert-OH is 2. The van der Waals surface area contributed by atoms with Crippen molar-refractivity contribution in [1.82, 2.24) is 4.90 Å². The molecule has 0 aliphatic carbocycles. The van der Waals surface area contributed by atoms with E-state index in [1.54, 1.807) is 12.1 Å². The van der Waals surface area contributed by atoms with Gasteiger partial charge in [0.25, 0.3) is 0 Å². The van der Waals surface area contributed by atoms with Gasteiger partial charge in [0.2, 0.25) is 0 Å². The van der Waals surface area contributed by atoms with E-state index in [0.29, 0.717) is 5.56 Å². The molecule has 0 spiro atoms. The fraction of sp³-hybridized carbons (Fsp3) is 0.538. The lowest BCUT2D eigenvalue weighted by Gasteiger charge is -2.29. The Balaban J connectivity index is 3.10. The van der Waals surface area contributed by atoms with Gasteiger partial charge in [0.05, 0.1) is 6.61 Å². The van der Waals surface area contributed by atoms with Crippen molar-refractivity contribution >= 4 is 0 Å². The minimum absolute atomic E-state index is 0.0610. The van der Waals surface area contributed by atoms with Crippen LogP contribution in [0.25, 0.3) is 0 Å². The molecule has 0 bridgehead atoms. The summed E-state index contributed by atoms with van der Waals surface area (Å²) in [5.74, 6) is 0.187. The summed E-state index contributed by atoms with van der Waals surface area (Å²) in [5, 5.41) is 27.9. The molecule has 4 nitrogen and oxygen atoms in total. The number of nitrogens with zero attached hydrogens (tertiary/aromatic N) is 1. The summed E-state index contributed by atoms with van der Waals surface area (Å²) in [6, 6.07) is 5.25. The number of hydrogen-bond donors (Lipinski definition) is 3. The molecule has 2 atom stereocenters. The number of benzene rings is 1. The Morgan fingerprint density at radius 1 is 1.24 bits per heavy atom. The van der Waals surface area contributed by atoms with Crippen molar-refractivity contribution in [1.29, 1.82) is 0 Å². The molecule has 1 rings (SSSR count). The minimum atomic E-state index is -0.187. The molecule has 0 aliphatic heterocycles. The Bertz CT molecular complexity index is 366. The van der Waals surface area contributed by atoms with Crippen LogP contribution in [-0.4, -0.2) is 40.9 Å². The lowest BCUT2D eigenvalue weighted by Crippen LogP contribution is -2.28. The largest absolute Gasteiger partial charge is 0.508 e. The van der Waals surface area contributed by atoms with E-state index in [0.717, 1.165) is 5.56 Å². The first-order valence-corrected chi connectivity index (χ1v) is 5.71. The summed E-state index contributed by atoms with van der Waals surface area (Å²) in [6.45, 7) is 1.88. The van der Waals surface area contributed by atoms with Crippen molar-refractivity contribution in [3.8, 4) is 5.75 Å². The van der Waals surface area contributed by atoms with Crippen molar-refractivity contribution < 1.29 is 15.3 Å². The van der Waals surface area contributed by atoms with Crippen molar-refractivity contribution in [3.63, 3.8) is 0 Å². The normalized spacial score (nSPS) is 14.9. The molecule has 0 aromatic heterocycles. The van der Waals surface area contributed by atoms with Gasteiger partial charge in [0.1, 0.15) is 5.75 Å². The van der Waals surface area contributed by atoms with E-state index < -0.39 is 0 Å². The van der Waals surface area contributed by atoms with Crippen LogP contribution in [0.4, 0.5) is 0 Å². The number of rotatable bonds is 5. The number of phenols is 1. The zero-order valence-corrected chi connectivity index (χ0v) is 10.6. The topological polar surface area (TPSA) is 63.9 Å². The maximum atomic E-state index is 9.53. The van der Waals surface area contributed by atoms with Crippen molar-refractivity contribution in [2.24, 2.45) is 5.92 Å². The van der Waals surface area contributed by atoms with E-state index in [-0.39, 0.29) is 30.9 Å². The standard InChI is InChI=1S/C13H21NO3/c1-9(7-15)13(14(2)3)10-4-5-12(17)11(6-10)8-16/h4-6,9,13,15-17H,7-8H2,1-3H3. The van der Waals surface area contributed by atoms with Crippen LogP contribution in [0.5, 0.6) is 5.75 Å². The minimum Gasteiger partial charge on any atom is -0.508 e. The van der Waals surface area contributed by atoms with E-state index >= 15 is 0 Å². The van der Waals surface area contributed by atoms with Crippen LogP contribution >= 0.6 is 0 Å². The highest BCUT2D eigenvalue weighted by Crippen LogP contribution is 2.29. The van der Waals surface area contributed by atoms with Crippen LogP contribution in [0.2, 0.25) is 0 Å². The van der Waals surface area contributed by atoms with Gasteiger partial charge in [-0.1, -0.05) is 13.0 Å². The predicted octanol–water partition coefficient (Wildman–Crippen LogP) is 1.12. The monoisotopic (exact) mass is 239 g/mol. The maximum absolute atomic E-state index is 9.53. The molecule has 2 unspecified atom stereocenters. The molecule has 0 radical (unpaired) electrons. The first kappa shape index (κ1) is 14.0. The lowest BCUT2D eigenvalue weighted by molar-refractivity contribution is 0.145. The van der Waals surface area contributed by atoms with E-state index in [1.165, 1.54) is 0 Å². The Labute approximate surface area is 102 Å². The molecule has 0 aliphatic rings. The molecule has 4 heteroatoms. The van der Waals surface area contributed by atoms with Crippen LogP contribution < -0.4 is 0 Å². The van der Waals surface area contributed by atoms with Gasteiger partial charge >= 0.3 is 0 Å². The summed E-state index contributed by atoms with van der Waals surface area (Å²) < 4.78 is 0. The van der Waals surface area contributed by atoms with Crippen molar-refractivity contribution in [2.45, 2.75) is 19.6 Å². The first-order valence-electron chi connectivity index (χ1n) is 5.71. The van der Waals surface area contributed by atoms with Gasteiger partial charge in [-0.15, -0.1) is 0 Å². The van der Waals surface area contributed by atoms with E-state index in [1.807, 2.05) is 32.0 Å². The van der Waals surface area contributed by atoms with Gasteiger partial charge < -0.3 is 20.2 Å². The summed E-state index contributed by atoms with van der Waals surface area (Å²) >= 11 is 0. The number of hydrogen-bond acceptors (Lipinski definition) is 4. The van der Waals surface area contributed by atoms with Gasteiger partial charge in [-0.2, -0.15) is 0 Å². The summed E-state index contributed by atoms with van der Waals surface area (Å²) in [7, 11) is 3.89. The molecule has 1 aromatic rings. The smallest absolute Gasteiger partial charge is 0.121 e. The van der Waals surface area contributed by atoms with E-state index in [9.17, 15) is 10.2 Å². The second-order valence-corrected chi connectivity index (χ2v) is 4.61. The van der Waals surface area contributed by atoms with Gasteiger partial charge in [-0.3, -0.25) is 0 Å². The third kappa shape index (κ3) is 3.19. The van der Waals surface area contributed by atoms with Gasteiger partial charge in [0, 0.05) is 18.2 Å². The quantitative estimate of drug-likeness (QED) is 0.720.